The monoisotopic (exact) mass is 471 g/mol. The van der Waals surface area contributed by atoms with Gasteiger partial charge < -0.3 is 9.88 Å². The van der Waals surface area contributed by atoms with Gasteiger partial charge in [0, 0.05) is 22.5 Å². The molecule has 9 heteroatoms. The van der Waals surface area contributed by atoms with E-state index in [-0.39, 0.29) is 11.7 Å². The van der Waals surface area contributed by atoms with Crippen LogP contribution >= 0.6 is 34.7 Å². The molecule has 1 amide bonds. The lowest BCUT2D eigenvalue weighted by Gasteiger charge is -2.20. The van der Waals surface area contributed by atoms with Crippen LogP contribution < -0.4 is 5.32 Å². The SMILES string of the molecule is CCC1CCc2c(sc(NC(=O)CSc3nnc(-c4ccc(Cl)cc4)n3C)c2C#N)C1. The zero-order valence-electron chi connectivity index (χ0n) is 17.3. The van der Waals surface area contributed by atoms with Crippen molar-refractivity contribution in [3.05, 3.63) is 45.3 Å². The number of anilines is 1. The van der Waals surface area contributed by atoms with Crippen LogP contribution in [-0.4, -0.2) is 26.4 Å². The van der Waals surface area contributed by atoms with E-state index in [1.807, 2.05) is 35.9 Å². The lowest BCUT2D eigenvalue weighted by Crippen LogP contribution is -2.14. The Balaban J connectivity index is 1.42. The quantitative estimate of drug-likeness (QED) is 0.492. The number of nitrogens with zero attached hydrogens (tertiary/aromatic N) is 4. The van der Waals surface area contributed by atoms with E-state index in [1.54, 1.807) is 11.3 Å². The number of thiophene rings is 1. The first-order chi connectivity index (χ1) is 15.0. The Morgan fingerprint density at radius 3 is 2.87 bits per heavy atom. The van der Waals surface area contributed by atoms with Gasteiger partial charge in [0.25, 0.3) is 0 Å². The Kier molecular flexibility index (Phi) is 6.65. The van der Waals surface area contributed by atoms with E-state index in [0.717, 1.165) is 36.8 Å². The topological polar surface area (TPSA) is 83.6 Å². The Bertz CT molecular complexity index is 1150. The standard InChI is InChI=1S/C22H22ClN5OS2/c1-3-13-4-9-16-17(11-24)21(31-18(16)10-13)25-19(29)12-30-22-27-26-20(28(22)2)14-5-7-15(23)8-6-14/h5-8,13H,3-4,9-10,12H2,1-2H3,(H,25,29). The van der Waals surface area contributed by atoms with Gasteiger partial charge in [0.05, 0.1) is 11.3 Å². The molecular weight excluding hydrogens is 450 g/mol. The van der Waals surface area contributed by atoms with Gasteiger partial charge in [-0.1, -0.05) is 36.7 Å². The minimum Gasteiger partial charge on any atom is -0.316 e. The maximum Gasteiger partial charge on any atom is 0.235 e. The van der Waals surface area contributed by atoms with Crippen molar-refractivity contribution in [1.29, 1.82) is 5.26 Å². The van der Waals surface area contributed by atoms with Crippen molar-refractivity contribution in [2.45, 2.75) is 37.8 Å². The second-order valence-corrected chi connectivity index (χ2v) is 10.0. The van der Waals surface area contributed by atoms with Crippen molar-refractivity contribution in [3.63, 3.8) is 0 Å². The fraction of sp³-hybridized carbons (Fsp3) is 0.364. The number of fused-ring (bicyclic) bond motifs is 1. The molecule has 3 aromatic rings. The molecule has 1 atom stereocenters. The van der Waals surface area contributed by atoms with E-state index in [1.165, 1.54) is 16.6 Å². The van der Waals surface area contributed by atoms with Crippen molar-refractivity contribution >= 4 is 45.6 Å². The number of carbonyl (C=O) groups excluding carboxylic acids is 1. The van der Waals surface area contributed by atoms with Gasteiger partial charge in [0.15, 0.2) is 11.0 Å². The Morgan fingerprint density at radius 2 is 2.16 bits per heavy atom. The number of halogens is 1. The molecule has 1 aliphatic carbocycles. The van der Waals surface area contributed by atoms with Gasteiger partial charge in [-0.2, -0.15) is 5.26 Å². The number of nitriles is 1. The maximum absolute atomic E-state index is 12.6. The molecule has 0 aliphatic heterocycles. The average molecular weight is 472 g/mol. The van der Waals surface area contributed by atoms with E-state index in [4.69, 9.17) is 11.6 Å². The van der Waals surface area contributed by atoms with Gasteiger partial charge in [-0.3, -0.25) is 4.79 Å². The third-order valence-electron chi connectivity index (χ3n) is 5.58. The molecule has 6 nitrogen and oxygen atoms in total. The predicted octanol–water partition coefficient (Wildman–Crippen LogP) is 5.31. The molecule has 0 spiro atoms. The molecule has 0 bridgehead atoms. The lowest BCUT2D eigenvalue weighted by atomic mass is 9.86. The van der Waals surface area contributed by atoms with Crippen LogP contribution in [-0.2, 0) is 24.7 Å². The van der Waals surface area contributed by atoms with Crippen LogP contribution in [0.5, 0.6) is 0 Å². The fourth-order valence-corrected chi connectivity index (χ4v) is 5.96. The van der Waals surface area contributed by atoms with Gasteiger partial charge >= 0.3 is 0 Å². The third-order valence-corrected chi connectivity index (χ3v) is 8.02. The average Bonchev–Trinajstić information content (AvgIpc) is 3.31. The number of nitrogens with one attached hydrogen (secondary N) is 1. The van der Waals surface area contributed by atoms with E-state index in [9.17, 15) is 10.1 Å². The lowest BCUT2D eigenvalue weighted by molar-refractivity contribution is -0.113. The van der Waals surface area contributed by atoms with Crippen LogP contribution in [0.3, 0.4) is 0 Å². The van der Waals surface area contributed by atoms with E-state index >= 15 is 0 Å². The van der Waals surface area contributed by atoms with E-state index in [2.05, 4.69) is 28.5 Å². The van der Waals surface area contributed by atoms with Crippen LogP contribution in [0, 0.1) is 17.2 Å². The highest BCUT2D eigenvalue weighted by Crippen LogP contribution is 2.40. The Labute approximate surface area is 194 Å². The molecule has 1 aliphatic rings. The number of hydrogen-bond donors (Lipinski definition) is 1. The van der Waals surface area contributed by atoms with Crippen LogP contribution in [0.15, 0.2) is 29.4 Å². The number of thioether (sulfide) groups is 1. The molecular formula is C22H22ClN5OS2. The van der Waals surface area contributed by atoms with Gasteiger partial charge in [0.1, 0.15) is 11.1 Å². The summed E-state index contributed by atoms with van der Waals surface area (Å²) in [6, 6.07) is 9.69. The van der Waals surface area contributed by atoms with Gasteiger partial charge in [0.2, 0.25) is 5.91 Å². The number of rotatable bonds is 6. The summed E-state index contributed by atoms with van der Waals surface area (Å²) in [5.41, 5.74) is 2.67. The molecule has 0 saturated carbocycles. The normalized spacial score (nSPS) is 15.4. The van der Waals surface area contributed by atoms with Crippen LogP contribution in [0.4, 0.5) is 5.00 Å². The summed E-state index contributed by atoms with van der Waals surface area (Å²) in [4.78, 5) is 13.9. The highest BCUT2D eigenvalue weighted by atomic mass is 35.5. The smallest absolute Gasteiger partial charge is 0.235 e. The molecule has 2 aromatic heterocycles. The number of hydrogen-bond acceptors (Lipinski definition) is 6. The van der Waals surface area contributed by atoms with Crippen molar-refractivity contribution in [2.24, 2.45) is 13.0 Å². The van der Waals surface area contributed by atoms with Crippen molar-refractivity contribution in [2.75, 3.05) is 11.1 Å². The number of amides is 1. The highest BCUT2D eigenvalue weighted by Gasteiger charge is 2.26. The zero-order chi connectivity index (χ0) is 22.0. The van der Waals surface area contributed by atoms with Gasteiger partial charge in [-0.25, -0.2) is 0 Å². The summed E-state index contributed by atoms with van der Waals surface area (Å²) in [7, 11) is 1.87. The molecule has 0 radical (unpaired) electrons. The largest absolute Gasteiger partial charge is 0.316 e. The first kappa shape index (κ1) is 21.9. The van der Waals surface area contributed by atoms with Gasteiger partial charge in [-0.15, -0.1) is 21.5 Å². The summed E-state index contributed by atoms with van der Waals surface area (Å²) >= 11 is 8.83. The molecule has 0 saturated heterocycles. The second-order valence-electron chi connectivity index (χ2n) is 7.55. The van der Waals surface area contributed by atoms with Crippen LogP contribution in [0.25, 0.3) is 11.4 Å². The molecule has 0 fully saturated rings. The molecule has 1 N–H and O–H groups in total. The molecule has 2 heterocycles. The molecule has 4 rings (SSSR count). The predicted molar refractivity (Wildman–Crippen MR) is 126 cm³/mol. The van der Waals surface area contributed by atoms with Crippen LogP contribution in [0.1, 0.15) is 35.8 Å². The maximum atomic E-state index is 12.6. The number of benzene rings is 1. The Hall–Kier alpha value is -2.34. The van der Waals surface area contributed by atoms with E-state index < -0.39 is 0 Å². The first-order valence-electron chi connectivity index (χ1n) is 10.1. The second kappa shape index (κ2) is 9.43. The summed E-state index contributed by atoms with van der Waals surface area (Å²) in [6.45, 7) is 2.21. The summed E-state index contributed by atoms with van der Waals surface area (Å²) in [5.74, 6) is 1.42. The minimum absolute atomic E-state index is 0.150. The minimum atomic E-state index is -0.150. The Morgan fingerprint density at radius 1 is 1.39 bits per heavy atom. The van der Waals surface area contributed by atoms with E-state index in [0.29, 0.717) is 32.5 Å². The van der Waals surface area contributed by atoms with Crippen molar-refractivity contribution < 1.29 is 4.79 Å². The molecule has 1 unspecified atom stereocenters. The number of aromatic nitrogens is 3. The molecule has 1 aromatic carbocycles. The first-order valence-corrected chi connectivity index (χ1v) is 12.3. The van der Waals surface area contributed by atoms with Crippen molar-refractivity contribution in [3.8, 4) is 17.5 Å². The van der Waals surface area contributed by atoms with Gasteiger partial charge in [-0.05, 0) is 55.0 Å². The van der Waals surface area contributed by atoms with Crippen molar-refractivity contribution in [1.82, 2.24) is 14.8 Å². The summed E-state index contributed by atoms with van der Waals surface area (Å²) in [6.07, 6.45) is 4.18. The summed E-state index contributed by atoms with van der Waals surface area (Å²) in [5, 5.41) is 23.0. The highest BCUT2D eigenvalue weighted by molar-refractivity contribution is 7.99. The van der Waals surface area contributed by atoms with Crippen LogP contribution in [0.2, 0.25) is 5.02 Å². The fourth-order valence-electron chi connectivity index (χ4n) is 3.79. The zero-order valence-corrected chi connectivity index (χ0v) is 19.7. The third kappa shape index (κ3) is 4.64. The molecule has 31 heavy (non-hydrogen) atoms. The summed E-state index contributed by atoms with van der Waals surface area (Å²) < 4.78 is 1.86. The molecule has 160 valence electrons. The number of carbonyl (C=O) groups is 1.